The molecule has 1 aromatic heterocycles. The van der Waals surface area contributed by atoms with E-state index in [0.717, 1.165) is 10.0 Å². The van der Waals surface area contributed by atoms with Crippen LogP contribution < -0.4 is 5.01 Å². The predicted molar refractivity (Wildman–Crippen MR) is 92.3 cm³/mol. The van der Waals surface area contributed by atoms with E-state index in [1.807, 2.05) is 0 Å². The van der Waals surface area contributed by atoms with Gasteiger partial charge in [-0.2, -0.15) is 13.2 Å². The maximum atomic E-state index is 13.7. The molecule has 0 aliphatic carbocycles. The normalized spacial score (nSPS) is 16.3. The molecule has 0 fully saturated rings. The SMILES string of the molecule is O=C1CC=C(c2ccc(Cl)cc2)N([C@H](CO)C(F)(F)F)N1c1cncnc1. The maximum Gasteiger partial charge on any atom is 0.413 e. The molecule has 0 spiro atoms. The average molecular weight is 399 g/mol. The van der Waals surface area contributed by atoms with Crippen molar-refractivity contribution in [2.24, 2.45) is 0 Å². The van der Waals surface area contributed by atoms with Crippen LogP contribution in [0, 0.1) is 0 Å². The van der Waals surface area contributed by atoms with Crippen molar-refractivity contribution in [1.82, 2.24) is 15.0 Å². The van der Waals surface area contributed by atoms with Gasteiger partial charge in [-0.15, -0.1) is 0 Å². The van der Waals surface area contributed by atoms with Crippen molar-refractivity contribution in [1.29, 1.82) is 0 Å². The molecule has 1 amide bonds. The van der Waals surface area contributed by atoms with Crippen molar-refractivity contribution in [3.05, 3.63) is 59.6 Å². The molecule has 1 aliphatic rings. The third kappa shape index (κ3) is 3.88. The Morgan fingerprint density at radius 3 is 2.37 bits per heavy atom. The van der Waals surface area contributed by atoms with Crippen LogP contribution in [-0.4, -0.2) is 44.8 Å². The highest BCUT2D eigenvalue weighted by molar-refractivity contribution is 6.30. The molecule has 3 rings (SSSR count). The highest BCUT2D eigenvalue weighted by atomic mass is 35.5. The van der Waals surface area contributed by atoms with E-state index in [1.54, 1.807) is 12.1 Å². The zero-order valence-corrected chi connectivity index (χ0v) is 14.5. The average Bonchev–Trinajstić information content (AvgIpc) is 2.63. The summed E-state index contributed by atoms with van der Waals surface area (Å²) in [5.41, 5.74) is 0.590. The number of amides is 1. The first-order valence-corrected chi connectivity index (χ1v) is 8.21. The van der Waals surface area contributed by atoms with Gasteiger partial charge >= 0.3 is 6.18 Å². The second-order valence-electron chi connectivity index (χ2n) is 5.69. The Bertz CT molecular complexity index is 844. The van der Waals surface area contributed by atoms with Crippen LogP contribution in [0.25, 0.3) is 5.70 Å². The van der Waals surface area contributed by atoms with Gasteiger partial charge in [0.1, 0.15) is 12.0 Å². The Balaban J connectivity index is 2.16. The monoisotopic (exact) mass is 398 g/mol. The fourth-order valence-electron chi connectivity index (χ4n) is 2.76. The third-order valence-corrected chi connectivity index (χ3v) is 4.20. The number of anilines is 1. The van der Waals surface area contributed by atoms with Crippen LogP contribution in [0.15, 0.2) is 49.1 Å². The molecule has 0 unspecified atom stereocenters. The van der Waals surface area contributed by atoms with Gasteiger partial charge in [0.25, 0.3) is 0 Å². The van der Waals surface area contributed by atoms with Gasteiger partial charge in [0.2, 0.25) is 5.91 Å². The number of aliphatic hydroxyl groups excluding tert-OH is 1. The van der Waals surface area contributed by atoms with Gasteiger partial charge in [-0.1, -0.05) is 23.7 Å². The first-order chi connectivity index (χ1) is 12.8. The van der Waals surface area contributed by atoms with Crippen molar-refractivity contribution < 1.29 is 23.1 Å². The second kappa shape index (κ2) is 7.53. The highest BCUT2D eigenvalue weighted by Gasteiger charge is 2.48. The van der Waals surface area contributed by atoms with Crippen LogP contribution in [0.3, 0.4) is 0 Å². The van der Waals surface area contributed by atoms with Crippen molar-refractivity contribution in [2.75, 3.05) is 11.6 Å². The largest absolute Gasteiger partial charge is 0.413 e. The summed E-state index contributed by atoms with van der Waals surface area (Å²) < 4.78 is 41.0. The predicted octanol–water partition coefficient (Wildman–Crippen LogP) is 3.05. The lowest BCUT2D eigenvalue weighted by atomic mass is 10.1. The van der Waals surface area contributed by atoms with Crippen molar-refractivity contribution in [2.45, 2.75) is 18.6 Å². The first-order valence-electron chi connectivity index (χ1n) is 7.83. The van der Waals surface area contributed by atoms with Crippen LogP contribution in [-0.2, 0) is 4.79 Å². The summed E-state index contributed by atoms with van der Waals surface area (Å²) in [4.78, 5) is 20.0. The van der Waals surface area contributed by atoms with Gasteiger partial charge in [-0.05, 0) is 23.8 Å². The molecule has 10 heteroatoms. The highest BCUT2D eigenvalue weighted by Crippen LogP contribution is 2.37. The molecule has 142 valence electrons. The number of halogens is 4. The van der Waals surface area contributed by atoms with E-state index in [9.17, 15) is 23.1 Å². The molecule has 0 saturated carbocycles. The molecule has 0 bridgehead atoms. The maximum absolute atomic E-state index is 13.7. The molecular weight excluding hydrogens is 385 g/mol. The minimum atomic E-state index is -4.80. The second-order valence-corrected chi connectivity index (χ2v) is 6.12. The molecule has 0 radical (unpaired) electrons. The van der Waals surface area contributed by atoms with Crippen LogP contribution in [0.1, 0.15) is 12.0 Å². The zero-order valence-electron chi connectivity index (χ0n) is 13.8. The molecule has 2 heterocycles. The fraction of sp³-hybridized carbons (Fsp3) is 0.235. The minimum Gasteiger partial charge on any atom is -0.394 e. The summed E-state index contributed by atoms with van der Waals surface area (Å²) >= 11 is 5.86. The van der Waals surface area contributed by atoms with Gasteiger partial charge < -0.3 is 5.11 Å². The number of aromatic nitrogens is 2. The van der Waals surface area contributed by atoms with Crippen LogP contribution in [0.2, 0.25) is 5.02 Å². The number of carbonyl (C=O) groups excluding carboxylic acids is 1. The first kappa shape index (κ1) is 19.1. The Morgan fingerprint density at radius 2 is 1.81 bits per heavy atom. The fourth-order valence-corrected chi connectivity index (χ4v) is 2.88. The number of aliphatic hydroxyl groups is 1. The van der Waals surface area contributed by atoms with Crippen molar-refractivity contribution in [3.8, 4) is 0 Å². The van der Waals surface area contributed by atoms with Gasteiger partial charge in [0, 0.05) is 11.4 Å². The lowest BCUT2D eigenvalue weighted by molar-refractivity contribution is -0.186. The smallest absolute Gasteiger partial charge is 0.394 e. The van der Waals surface area contributed by atoms with Crippen LogP contribution >= 0.6 is 11.6 Å². The van der Waals surface area contributed by atoms with E-state index in [4.69, 9.17) is 11.6 Å². The molecule has 27 heavy (non-hydrogen) atoms. The van der Waals surface area contributed by atoms with Gasteiger partial charge in [-0.3, -0.25) is 9.80 Å². The van der Waals surface area contributed by atoms with E-state index in [2.05, 4.69) is 9.97 Å². The van der Waals surface area contributed by atoms with E-state index >= 15 is 0 Å². The number of alkyl halides is 3. The Kier molecular flexibility index (Phi) is 5.33. The number of benzene rings is 1. The topological polar surface area (TPSA) is 69.6 Å². The zero-order chi connectivity index (χ0) is 19.6. The van der Waals surface area contributed by atoms with Crippen LogP contribution in [0.5, 0.6) is 0 Å². The quantitative estimate of drug-likeness (QED) is 0.857. The number of nitrogens with zero attached hydrogens (tertiary/aromatic N) is 4. The molecule has 1 aromatic carbocycles. The molecule has 6 nitrogen and oxygen atoms in total. The number of rotatable bonds is 4. The van der Waals surface area contributed by atoms with Gasteiger partial charge in [0.05, 0.1) is 24.7 Å². The summed E-state index contributed by atoms with van der Waals surface area (Å²) in [6.45, 7) is -1.24. The van der Waals surface area contributed by atoms with Crippen molar-refractivity contribution in [3.63, 3.8) is 0 Å². The molecule has 1 N–H and O–H groups in total. The molecule has 1 atom stereocenters. The standard InChI is InChI=1S/C17H14ClF3N4O2/c18-12-3-1-11(2-4-12)14-5-6-16(27)24(13-7-22-10-23-8-13)25(14)15(9-26)17(19,20)21/h1-5,7-8,10,15,26H,6,9H2/t15-/m1/s1. The number of hydrogen-bond donors (Lipinski definition) is 1. The summed E-state index contributed by atoms with van der Waals surface area (Å²) in [6, 6.07) is 3.81. The van der Waals surface area contributed by atoms with E-state index < -0.39 is 24.7 Å². The van der Waals surface area contributed by atoms with Gasteiger partial charge in [-0.25, -0.2) is 15.0 Å². The summed E-state index contributed by atoms with van der Waals surface area (Å²) in [7, 11) is 0. The van der Waals surface area contributed by atoms with E-state index in [1.165, 1.54) is 36.9 Å². The Labute approximate surface area is 157 Å². The number of hydrazine groups is 1. The molecule has 0 saturated heterocycles. The molecular formula is C17H14ClF3N4O2. The van der Waals surface area contributed by atoms with Crippen molar-refractivity contribution >= 4 is 28.9 Å². The van der Waals surface area contributed by atoms with E-state index in [0.29, 0.717) is 10.6 Å². The number of carbonyl (C=O) groups is 1. The Hall–Kier alpha value is -2.65. The van der Waals surface area contributed by atoms with Crippen LogP contribution in [0.4, 0.5) is 18.9 Å². The van der Waals surface area contributed by atoms with Gasteiger partial charge in [0.15, 0.2) is 6.04 Å². The summed E-state index contributed by atoms with van der Waals surface area (Å²) in [5, 5.41) is 11.5. The summed E-state index contributed by atoms with van der Waals surface area (Å²) in [6.07, 6.45) is 0.123. The Morgan fingerprint density at radius 1 is 1.19 bits per heavy atom. The van der Waals surface area contributed by atoms with E-state index in [-0.39, 0.29) is 17.8 Å². The number of hydrogen-bond acceptors (Lipinski definition) is 5. The minimum absolute atomic E-state index is 0.0600. The molecule has 2 aromatic rings. The lowest BCUT2D eigenvalue weighted by Gasteiger charge is -2.44. The molecule has 1 aliphatic heterocycles. The third-order valence-electron chi connectivity index (χ3n) is 3.95. The lowest BCUT2D eigenvalue weighted by Crippen LogP contribution is -2.58. The summed E-state index contributed by atoms with van der Waals surface area (Å²) in [5.74, 6) is -0.606.